The molecule has 0 fully saturated rings. The fourth-order valence-corrected chi connectivity index (χ4v) is 4.92. The molecule has 1 atom stereocenters. The van der Waals surface area contributed by atoms with Crippen molar-refractivity contribution in [2.45, 2.75) is 14.7 Å². The van der Waals surface area contributed by atoms with Gasteiger partial charge in [-0.15, -0.1) is 0 Å². The molecule has 0 aliphatic heterocycles. The quantitative estimate of drug-likeness (QED) is 0.298. The predicted molar refractivity (Wildman–Crippen MR) is 96.1 cm³/mol. The molecule has 2 nitrogen and oxygen atoms in total. The van der Waals surface area contributed by atoms with Crippen molar-refractivity contribution in [3.63, 3.8) is 0 Å². The summed E-state index contributed by atoms with van der Waals surface area (Å²) in [6, 6.07) is 4.45. The molecule has 0 saturated carbocycles. The lowest BCUT2D eigenvalue weighted by atomic mass is 10.3. The van der Waals surface area contributed by atoms with Gasteiger partial charge >= 0.3 is 0 Å². The van der Waals surface area contributed by atoms with Gasteiger partial charge in [-0.2, -0.15) is 0 Å². The molecule has 0 spiro atoms. The third-order valence-electron chi connectivity index (χ3n) is 2.48. The van der Waals surface area contributed by atoms with Crippen molar-refractivity contribution in [1.82, 2.24) is 0 Å². The van der Waals surface area contributed by atoms with Crippen LogP contribution in [0.5, 0.6) is 0 Å². The van der Waals surface area contributed by atoms with Crippen LogP contribution in [0, 0.1) is 0 Å². The minimum Gasteiger partial charge on any atom is -0.302 e. The van der Waals surface area contributed by atoms with E-state index >= 15 is 0 Å². The van der Waals surface area contributed by atoms with E-state index in [9.17, 15) is 8.76 Å². The average Bonchev–Trinajstić information content (AvgIpc) is 2.47. The van der Waals surface area contributed by atoms with Gasteiger partial charge in [0.1, 0.15) is 0 Å². The highest BCUT2D eigenvalue weighted by molar-refractivity contribution is 8.00. The first-order valence-electron chi connectivity index (χ1n) is 5.33. The van der Waals surface area contributed by atoms with Crippen molar-refractivity contribution >= 4 is 92.4 Å². The lowest BCUT2D eigenvalue weighted by Crippen LogP contribution is -1.92. The summed E-state index contributed by atoms with van der Waals surface area (Å²) in [4.78, 5) is 0.868. The Balaban J connectivity index is 2.62. The van der Waals surface area contributed by atoms with Crippen LogP contribution >= 0.6 is 81.4 Å². The Morgan fingerprint density at radius 1 is 0.864 bits per heavy atom. The lowest BCUT2D eigenvalue weighted by Gasteiger charge is -2.13. The average molecular weight is 457 g/mol. The molecule has 0 amide bonds. The molecule has 10 heteroatoms. The van der Waals surface area contributed by atoms with Crippen molar-refractivity contribution < 1.29 is 8.76 Å². The van der Waals surface area contributed by atoms with Gasteiger partial charge < -0.3 is 4.55 Å². The van der Waals surface area contributed by atoms with E-state index in [1.807, 2.05) is 0 Å². The Hall–Kier alpha value is 0.640. The molecule has 0 aliphatic carbocycles. The largest absolute Gasteiger partial charge is 0.302 e. The first-order valence-corrected chi connectivity index (χ1v) is 9.52. The molecule has 2 rings (SSSR count). The van der Waals surface area contributed by atoms with E-state index in [2.05, 4.69) is 0 Å². The highest BCUT2D eigenvalue weighted by Crippen LogP contribution is 2.50. The molecule has 0 radical (unpaired) electrons. The number of hydrogen-bond acceptors (Lipinski definition) is 2. The Morgan fingerprint density at radius 2 is 1.36 bits per heavy atom. The van der Waals surface area contributed by atoms with E-state index in [0.717, 1.165) is 11.8 Å². The third-order valence-corrected chi connectivity index (χ3v) is 7.24. The SMILES string of the molecule is O=S(O)c1ccc(Cl)cc1Sc1c(Cl)c(Cl)c(Cl)c(Cl)c1Cl. The van der Waals surface area contributed by atoms with Crippen LogP contribution in [0.15, 0.2) is 32.9 Å². The summed E-state index contributed by atoms with van der Waals surface area (Å²) in [6.45, 7) is 0. The Morgan fingerprint density at radius 3 is 1.86 bits per heavy atom. The van der Waals surface area contributed by atoms with Gasteiger partial charge in [-0.05, 0) is 18.2 Å². The zero-order valence-corrected chi connectivity index (χ0v) is 16.3. The second-order valence-corrected chi connectivity index (χ2v) is 8.16. The van der Waals surface area contributed by atoms with Crippen molar-refractivity contribution in [1.29, 1.82) is 0 Å². The van der Waals surface area contributed by atoms with Gasteiger partial charge in [-0.3, -0.25) is 0 Å². The molecule has 2 aromatic carbocycles. The number of hydrogen-bond donors (Lipinski definition) is 1. The highest BCUT2D eigenvalue weighted by Gasteiger charge is 2.21. The maximum atomic E-state index is 11.4. The molecule has 0 aliphatic rings. The Labute approximate surface area is 163 Å². The van der Waals surface area contributed by atoms with Crippen LogP contribution in [0.1, 0.15) is 0 Å². The van der Waals surface area contributed by atoms with Crippen molar-refractivity contribution in [2.75, 3.05) is 0 Å². The van der Waals surface area contributed by atoms with Crippen LogP contribution in [0.3, 0.4) is 0 Å². The maximum Gasteiger partial charge on any atom is 0.187 e. The second kappa shape index (κ2) is 7.68. The molecule has 1 unspecified atom stereocenters. The van der Waals surface area contributed by atoms with Crippen LogP contribution in [0.2, 0.25) is 30.1 Å². The summed E-state index contributed by atoms with van der Waals surface area (Å²) in [5, 5.41) is 0.721. The van der Waals surface area contributed by atoms with E-state index in [1.54, 1.807) is 0 Å². The predicted octanol–water partition coefficient (Wildman–Crippen LogP) is 7.34. The van der Waals surface area contributed by atoms with Gasteiger partial charge in [0, 0.05) is 9.92 Å². The lowest BCUT2D eigenvalue weighted by molar-refractivity contribution is 0.562. The number of halogens is 6. The van der Waals surface area contributed by atoms with Crippen LogP contribution in [0.4, 0.5) is 0 Å². The van der Waals surface area contributed by atoms with Crippen LogP contribution in [-0.4, -0.2) is 8.76 Å². The van der Waals surface area contributed by atoms with Crippen molar-refractivity contribution in [3.8, 4) is 0 Å². The van der Waals surface area contributed by atoms with Crippen LogP contribution in [0.25, 0.3) is 0 Å². The van der Waals surface area contributed by atoms with Gasteiger partial charge in [0.2, 0.25) is 0 Å². The summed E-state index contributed by atoms with van der Waals surface area (Å²) in [5.74, 6) is 0. The molecule has 118 valence electrons. The van der Waals surface area contributed by atoms with Gasteiger partial charge in [-0.1, -0.05) is 81.4 Å². The van der Waals surface area contributed by atoms with Crippen LogP contribution < -0.4 is 0 Å². The zero-order valence-electron chi connectivity index (χ0n) is 10.2. The molecule has 2 aromatic rings. The summed E-state index contributed by atoms with van der Waals surface area (Å²) in [5.41, 5.74) is 0. The first-order chi connectivity index (χ1) is 10.2. The Bertz CT molecular complexity index is 752. The number of benzene rings is 2. The maximum absolute atomic E-state index is 11.4. The zero-order chi connectivity index (χ0) is 16.6. The molecule has 0 bridgehead atoms. The fourth-order valence-electron chi connectivity index (χ4n) is 1.49. The summed E-state index contributed by atoms with van der Waals surface area (Å²) < 4.78 is 20.7. The summed E-state index contributed by atoms with van der Waals surface area (Å²) in [7, 11) is 0. The van der Waals surface area contributed by atoms with Gasteiger partial charge in [0.25, 0.3) is 0 Å². The molecule has 0 saturated heterocycles. The van der Waals surface area contributed by atoms with Gasteiger partial charge in [0.05, 0.1) is 34.9 Å². The minimum absolute atomic E-state index is 0.0414. The van der Waals surface area contributed by atoms with Gasteiger partial charge in [0.15, 0.2) is 11.1 Å². The van der Waals surface area contributed by atoms with Crippen LogP contribution in [-0.2, 0) is 11.1 Å². The highest BCUT2D eigenvalue weighted by atomic mass is 35.5. The smallest absolute Gasteiger partial charge is 0.187 e. The molecule has 22 heavy (non-hydrogen) atoms. The first kappa shape index (κ1) is 19.0. The number of rotatable bonds is 3. The van der Waals surface area contributed by atoms with E-state index in [0.29, 0.717) is 14.8 Å². The summed E-state index contributed by atoms with van der Waals surface area (Å²) >= 11 is 34.9. The molecule has 1 N–H and O–H groups in total. The normalized spacial score (nSPS) is 12.5. The molecular formula is C12H4Cl6O2S2. The molecular weight excluding hydrogens is 453 g/mol. The Kier molecular flexibility index (Phi) is 6.63. The van der Waals surface area contributed by atoms with Crippen molar-refractivity contribution in [3.05, 3.63) is 48.3 Å². The topological polar surface area (TPSA) is 37.3 Å². The minimum atomic E-state index is -2.21. The van der Waals surface area contributed by atoms with E-state index in [1.165, 1.54) is 18.2 Å². The third kappa shape index (κ3) is 3.82. The fraction of sp³-hybridized carbons (Fsp3) is 0. The molecule has 0 heterocycles. The second-order valence-electron chi connectivity index (χ2n) is 3.84. The van der Waals surface area contributed by atoms with Gasteiger partial charge in [-0.25, -0.2) is 4.21 Å². The van der Waals surface area contributed by atoms with E-state index in [4.69, 9.17) is 69.6 Å². The van der Waals surface area contributed by atoms with E-state index < -0.39 is 11.1 Å². The van der Waals surface area contributed by atoms with Crippen molar-refractivity contribution in [2.24, 2.45) is 0 Å². The molecule has 0 aromatic heterocycles. The standard InChI is InChI=1S/C12H4Cl6O2S2/c13-4-1-2-6(22(19)20)5(3-4)21-12-10(17)8(15)7(14)9(16)11(12)18/h1-3H,(H,19,20). The van der Waals surface area contributed by atoms with E-state index in [-0.39, 0.29) is 30.0 Å². The monoisotopic (exact) mass is 454 g/mol. The summed E-state index contributed by atoms with van der Waals surface area (Å²) in [6.07, 6.45) is 0.